The average Bonchev–Trinajstić information content (AvgIpc) is 2.49. The molecule has 0 amide bonds. The summed E-state index contributed by atoms with van der Waals surface area (Å²) in [6, 6.07) is 14.8. The Kier molecular flexibility index (Phi) is 5.88. The van der Waals surface area contributed by atoms with Crippen LogP contribution in [-0.2, 0) is 6.54 Å². The quantitative estimate of drug-likeness (QED) is 0.744. The van der Waals surface area contributed by atoms with Crippen LogP contribution >= 0.6 is 0 Å². The summed E-state index contributed by atoms with van der Waals surface area (Å²) in [4.78, 5) is 0. The van der Waals surface area contributed by atoms with E-state index in [0.29, 0.717) is 5.92 Å². The number of rotatable bonds is 7. The lowest BCUT2D eigenvalue weighted by atomic mass is 10.1. The minimum absolute atomic E-state index is 0.682. The second kappa shape index (κ2) is 7.88. The maximum absolute atomic E-state index is 5.74. The van der Waals surface area contributed by atoms with Gasteiger partial charge in [0, 0.05) is 12.2 Å². The van der Waals surface area contributed by atoms with E-state index in [1.165, 1.54) is 22.4 Å². The molecule has 0 heterocycles. The minimum Gasteiger partial charge on any atom is -0.494 e. The third-order valence-corrected chi connectivity index (χ3v) is 3.89. The van der Waals surface area contributed by atoms with Crippen LogP contribution in [0.1, 0.15) is 37.0 Å². The van der Waals surface area contributed by atoms with Gasteiger partial charge in [-0.1, -0.05) is 32.0 Å². The Balaban J connectivity index is 1.84. The average molecular weight is 297 g/mol. The zero-order valence-electron chi connectivity index (χ0n) is 14.1. The van der Waals surface area contributed by atoms with Crippen LogP contribution in [0, 0.1) is 19.8 Å². The van der Waals surface area contributed by atoms with Crippen molar-refractivity contribution in [3.05, 3.63) is 59.2 Å². The highest BCUT2D eigenvalue weighted by atomic mass is 16.5. The van der Waals surface area contributed by atoms with Gasteiger partial charge < -0.3 is 10.1 Å². The van der Waals surface area contributed by atoms with E-state index in [-0.39, 0.29) is 0 Å². The summed E-state index contributed by atoms with van der Waals surface area (Å²) in [7, 11) is 0. The summed E-state index contributed by atoms with van der Waals surface area (Å²) in [6.45, 7) is 10.3. The lowest BCUT2D eigenvalue weighted by Crippen LogP contribution is -2.02. The van der Waals surface area contributed by atoms with Crippen molar-refractivity contribution in [2.45, 2.75) is 40.7 Å². The fourth-order valence-electron chi connectivity index (χ4n) is 2.17. The van der Waals surface area contributed by atoms with Gasteiger partial charge in [-0.2, -0.15) is 0 Å². The highest BCUT2D eigenvalue weighted by Crippen LogP contribution is 2.17. The molecule has 0 saturated carbocycles. The van der Waals surface area contributed by atoms with Gasteiger partial charge in [0.2, 0.25) is 0 Å². The van der Waals surface area contributed by atoms with Crippen LogP contribution in [-0.4, -0.2) is 6.61 Å². The summed E-state index contributed by atoms with van der Waals surface area (Å²) in [5.41, 5.74) is 5.07. The van der Waals surface area contributed by atoms with E-state index in [1.54, 1.807) is 0 Å². The molecule has 0 unspecified atom stereocenters. The van der Waals surface area contributed by atoms with Crippen LogP contribution in [0.4, 0.5) is 5.69 Å². The summed E-state index contributed by atoms with van der Waals surface area (Å²) < 4.78 is 5.74. The van der Waals surface area contributed by atoms with Gasteiger partial charge in [-0.15, -0.1) is 0 Å². The Hall–Kier alpha value is -1.96. The first-order valence-corrected chi connectivity index (χ1v) is 8.07. The van der Waals surface area contributed by atoms with Crippen LogP contribution in [0.15, 0.2) is 42.5 Å². The number of anilines is 1. The monoisotopic (exact) mass is 297 g/mol. The topological polar surface area (TPSA) is 21.3 Å². The molecule has 0 atom stereocenters. The van der Waals surface area contributed by atoms with Crippen LogP contribution in [0.2, 0.25) is 0 Å². The molecule has 2 aromatic carbocycles. The van der Waals surface area contributed by atoms with E-state index in [1.807, 2.05) is 0 Å². The van der Waals surface area contributed by atoms with Crippen molar-refractivity contribution in [2.24, 2.45) is 5.92 Å². The summed E-state index contributed by atoms with van der Waals surface area (Å²) >= 11 is 0. The first kappa shape index (κ1) is 16.4. The van der Waals surface area contributed by atoms with Crippen LogP contribution in [0.25, 0.3) is 0 Å². The Morgan fingerprint density at radius 3 is 2.32 bits per heavy atom. The number of hydrogen-bond acceptors (Lipinski definition) is 2. The number of ether oxygens (including phenoxy) is 1. The largest absolute Gasteiger partial charge is 0.494 e. The molecule has 2 rings (SSSR count). The lowest BCUT2D eigenvalue weighted by Gasteiger charge is -2.11. The predicted octanol–water partition coefficient (Wildman–Crippen LogP) is 5.34. The Morgan fingerprint density at radius 2 is 1.68 bits per heavy atom. The molecule has 2 heteroatoms. The van der Waals surface area contributed by atoms with E-state index in [2.05, 4.69) is 75.5 Å². The van der Waals surface area contributed by atoms with Gasteiger partial charge in [0.05, 0.1) is 6.61 Å². The third kappa shape index (κ3) is 5.10. The zero-order valence-corrected chi connectivity index (χ0v) is 14.1. The van der Waals surface area contributed by atoms with E-state index >= 15 is 0 Å². The molecule has 0 aliphatic heterocycles. The van der Waals surface area contributed by atoms with E-state index in [9.17, 15) is 0 Å². The van der Waals surface area contributed by atoms with Gasteiger partial charge in [0.1, 0.15) is 5.75 Å². The minimum atomic E-state index is 0.682. The number of hydrogen-bond donors (Lipinski definition) is 1. The first-order valence-electron chi connectivity index (χ1n) is 8.07. The molecule has 2 nitrogen and oxygen atoms in total. The Bertz CT molecular complexity index is 587. The Morgan fingerprint density at radius 1 is 0.955 bits per heavy atom. The van der Waals surface area contributed by atoms with Crippen molar-refractivity contribution in [1.82, 2.24) is 0 Å². The summed E-state index contributed by atoms with van der Waals surface area (Å²) in [5.74, 6) is 1.64. The predicted molar refractivity (Wildman–Crippen MR) is 94.6 cm³/mol. The van der Waals surface area contributed by atoms with E-state index in [4.69, 9.17) is 4.74 Å². The van der Waals surface area contributed by atoms with Gasteiger partial charge >= 0.3 is 0 Å². The fraction of sp³-hybridized carbons (Fsp3) is 0.400. The molecule has 118 valence electrons. The van der Waals surface area contributed by atoms with Crippen molar-refractivity contribution in [3.63, 3.8) is 0 Å². The summed E-state index contributed by atoms with van der Waals surface area (Å²) in [5, 5.41) is 3.47. The molecule has 0 radical (unpaired) electrons. The number of nitrogens with one attached hydrogen (secondary N) is 1. The van der Waals surface area contributed by atoms with Crippen LogP contribution in [0.3, 0.4) is 0 Å². The van der Waals surface area contributed by atoms with Gasteiger partial charge in [0.25, 0.3) is 0 Å². The van der Waals surface area contributed by atoms with Crippen molar-refractivity contribution in [1.29, 1.82) is 0 Å². The summed E-state index contributed by atoms with van der Waals surface area (Å²) in [6.07, 6.45) is 1.09. The molecule has 0 aromatic heterocycles. The first-order chi connectivity index (χ1) is 10.5. The molecule has 22 heavy (non-hydrogen) atoms. The normalized spacial score (nSPS) is 10.8. The molecule has 0 spiro atoms. The molecule has 0 aliphatic rings. The SMILES string of the molecule is Cc1ccc(NCc2ccc(OCCC(C)C)cc2)cc1C. The van der Waals surface area contributed by atoms with E-state index in [0.717, 1.165) is 25.3 Å². The fourth-order valence-corrected chi connectivity index (χ4v) is 2.17. The lowest BCUT2D eigenvalue weighted by molar-refractivity contribution is 0.289. The van der Waals surface area contributed by atoms with Gasteiger partial charge in [-0.25, -0.2) is 0 Å². The van der Waals surface area contributed by atoms with Crippen molar-refractivity contribution in [2.75, 3.05) is 11.9 Å². The molecule has 0 bridgehead atoms. The number of benzene rings is 2. The molecule has 0 fully saturated rings. The van der Waals surface area contributed by atoms with Crippen molar-refractivity contribution in [3.8, 4) is 5.75 Å². The smallest absolute Gasteiger partial charge is 0.119 e. The van der Waals surface area contributed by atoms with Crippen LogP contribution < -0.4 is 10.1 Å². The second-order valence-electron chi connectivity index (χ2n) is 6.33. The molecule has 1 N–H and O–H groups in total. The standard InChI is InChI=1S/C20H27NO/c1-15(2)11-12-22-20-9-6-18(7-10-20)14-21-19-8-5-16(3)17(4)13-19/h5-10,13,15,21H,11-12,14H2,1-4H3. The molecular formula is C20H27NO. The second-order valence-corrected chi connectivity index (χ2v) is 6.33. The highest BCUT2D eigenvalue weighted by molar-refractivity contribution is 5.48. The molecule has 0 aliphatic carbocycles. The maximum Gasteiger partial charge on any atom is 0.119 e. The van der Waals surface area contributed by atoms with E-state index < -0.39 is 0 Å². The highest BCUT2D eigenvalue weighted by Gasteiger charge is 1.99. The zero-order chi connectivity index (χ0) is 15.9. The van der Waals surface area contributed by atoms with Gasteiger partial charge in [-0.05, 0) is 67.1 Å². The molecular weight excluding hydrogens is 270 g/mol. The Labute approximate surface area is 134 Å². The van der Waals surface area contributed by atoms with Crippen molar-refractivity contribution < 1.29 is 4.74 Å². The van der Waals surface area contributed by atoms with Crippen molar-refractivity contribution >= 4 is 5.69 Å². The maximum atomic E-state index is 5.74. The van der Waals surface area contributed by atoms with Gasteiger partial charge in [-0.3, -0.25) is 0 Å². The van der Waals surface area contributed by atoms with Crippen LogP contribution in [0.5, 0.6) is 5.75 Å². The third-order valence-electron chi connectivity index (χ3n) is 3.89. The number of aryl methyl sites for hydroxylation is 2. The molecule has 0 saturated heterocycles. The van der Waals surface area contributed by atoms with Gasteiger partial charge in [0.15, 0.2) is 0 Å². The molecule has 2 aromatic rings.